The lowest BCUT2D eigenvalue weighted by Crippen LogP contribution is -2.33. The van der Waals surface area contributed by atoms with Crippen molar-refractivity contribution in [2.24, 2.45) is 0 Å². The van der Waals surface area contributed by atoms with Crippen LogP contribution >= 0.6 is 0 Å². The molecule has 0 unspecified atom stereocenters. The minimum Gasteiger partial charge on any atom is -0.508 e. The maximum Gasteiger partial charge on any atom is 0.134 e. The standard InChI is InChI=1S/C26H29NO4/c28-22-7-4-20(5-8-22)18-21-6-9-23(29)19-26(21)31-25-12-10-24(11-13-25)30-17-16-27-14-2-1-3-15-27/h4-13,19,28-29H,1-3,14-18H2. The summed E-state index contributed by atoms with van der Waals surface area (Å²) < 4.78 is 12.0. The minimum atomic E-state index is 0.155. The molecule has 0 aliphatic carbocycles. The van der Waals surface area contributed by atoms with Gasteiger partial charge in [-0.05, 0) is 79.5 Å². The molecule has 0 spiro atoms. The van der Waals surface area contributed by atoms with Gasteiger partial charge in [0.2, 0.25) is 0 Å². The maximum atomic E-state index is 9.93. The zero-order valence-electron chi connectivity index (χ0n) is 17.7. The largest absolute Gasteiger partial charge is 0.508 e. The number of likely N-dealkylation sites (tertiary alicyclic amines) is 1. The molecule has 0 atom stereocenters. The quantitative estimate of drug-likeness (QED) is 0.516. The summed E-state index contributed by atoms with van der Waals surface area (Å²) in [4.78, 5) is 2.46. The molecule has 1 aliphatic heterocycles. The number of piperidine rings is 1. The van der Waals surface area contributed by atoms with E-state index in [1.165, 1.54) is 32.4 Å². The summed E-state index contributed by atoms with van der Waals surface area (Å²) in [5, 5.41) is 19.4. The molecule has 5 heteroatoms. The highest BCUT2D eigenvalue weighted by Crippen LogP contribution is 2.31. The summed E-state index contributed by atoms with van der Waals surface area (Å²) in [6.07, 6.45) is 4.55. The van der Waals surface area contributed by atoms with Crippen molar-refractivity contribution in [1.29, 1.82) is 0 Å². The fourth-order valence-electron chi connectivity index (χ4n) is 3.82. The van der Waals surface area contributed by atoms with Gasteiger partial charge in [0.25, 0.3) is 0 Å². The van der Waals surface area contributed by atoms with E-state index in [4.69, 9.17) is 9.47 Å². The molecule has 162 valence electrons. The van der Waals surface area contributed by atoms with Crippen LogP contribution in [0, 0.1) is 0 Å². The van der Waals surface area contributed by atoms with Crippen molar-refractivity contribution in [3.8, 4) is 28.7 Å². The summed E-state index contributed by atoms with van der Waals surface area (Å²) in [6, 6.07) is 19.8. The van der Waals surface area contributed by atoms with Crippen LogP contribution < -0.4 is 9.47 Å². The first-order valence-electron chi connectivity index (χ1n) is 10.9. The molecule has 0 radical (unpaired) electrons. The Morgan fingerprint density at radius 1 is 0.742 bits per heavy atom. The number of ether oxygens (including phenoxy) is 2. The highest BCUT2D eigenvalue weighted by atomic mass is 16.5. The van der Waals surface area contributed by atoms with Crippen molar-refractivity contribution in [3.63, 3.8) is 0 Å². The lowest BCUT2D eigenvalue weighted by molar-refractivity contribution is 0.183. The van der Waals surface area contributed by atoms with Gasteiger partial charge in [0, 0.05) is 19.0 Å². The van der Waals surface area contributed by atoms with Crippen molar-refractivity contribution in [2.45, 2.75) is 25.7 Å². The molecular formula is C26H29NO4. The molecule has 1 aliphatic rings. The van der Waals surface area contributed by atoms with Gasteiger partial charge in [0.1, 0.15) is 35.4 Å². The van der Waals surface area contributed by atoms with Crippen LogP contribution in [-0.2, 0) is 6.42 Å². The number of nitrogens with zero attached hydrogens (tertiary/aromatic N) is 1. The molecule has 4 rings (SSSR count). The van der Waals surface area contributed by atoms with E-state index in [1.807, 2.05) is 42.5 Å². The molecule has 3 aromatic carbocycles. The molecule has 0 bridgehead atoms. The topological polar surface area (TPSA) is 62.2 Å². The average Bonchev–Trinajstić information content (AvgIpc) is 2.79. The Morgan fingerprint density at radius 2 is 1.42 bits per heavy atom. The molecule has 0 saturated carbocycles. The Labute approximate surface area is 183 Å². The van der Waals surface area contributed by atoms with Crippen molar-refractivity contribution in [2.75, 3.05) is 26.2 Å². The zero-order chi connectivity index (χ0) is 21.5. The normalized spacial score (nSPS) is 14.3. The monoisotopic (exact) mass is 419 g/mol. The number of hydrogen-bond acceptors (Lipinski definition) is 5. The van der Waals surface area contributed by atoms with Crippen molar-refractivity contribution < 1.29 is 19.7 Å². The van der Waals surface area contributed by atoms with E-state index in [2.05, 4.69) is 4.90 Å². The molecule has 0 aromatic heterocycles. The Morgan fingerprint density at radius 3 is 2.16 bits per heavy atom. The summed E-state index contributed by atoms with van der Waals surface area (Å²) in [6.45, 7) is 3.99. The Bertz CT molecular complexity index is 964. The fraction of sp³-hybridized carbons (Fsp3) is 0.308. The SMILES string of the molecule is Oc1ccc(Cc2ccc(O)cc2Oc2ccc(OCCN3CCCCC3)cc2)cc1. The summed E-state index contributed by atoms with van der Waals surface area (Å²) in [5.41, 5.74) is 2.00. The highest BCUT2D eigenvalue weighted by molar-refractivity contribution is 5.46. The molecule has 1 heterocycles. The average molecular weight is 420 g/mol. The number of hydrogen-bond donors (Lipinski definition) is 2. The van der Waals surface area contributed by atoms with Crippen LogP contribution in [0.4, 0.5) is 0 Å². The van der Waals surface area contributed by atoms with Crippen LogP contribution in [0.15, 0.2) is 66.7 Å². The molecule has 5 nitrogen and oxygen atoms in total. The number of phenolic OH excluding ortho intramolecular Hbond substituents is 2. The summed E-state index contributed by atoms with van der Waals surface area (Å²) >= 11 is 0. The summed E-state index contributed by atoms with van der Waals surface area (Å²) in [7, 11) is 0. The molecule has 3 aromatic rings. The van der Waals surface area contributed by atoms with Gasteiger partial charge in [0.05, 0.1) is 0 Å². The van der Waals surface area contributed by atoms with E-state index in [9.17, 15) is 10.2 Å². The first-order chi connectivity index (χ1) is 15.2. The van der Waals surface area contributed by atoms with Gasteiger partial charge < -0.3 is 19.7 Å². The third-order valence-electron chi connectivity index (χ3n) is 5.56. The lowest BCUT2D eigenvalue weighted by atomic mass is 10.0. The number of phenols is 2. The van der Waals surface area contributed by atoms with Gasteiger partial charge >= 0.3 is 0 Å². The van der Waals surface area contributed by atoms with Gasteiger partial charge in [-0.15, -0.1) is 0 Å². The van der Waals surface area contributed by atoms with Crippen molar-refractivity contribution in [3.05, 3.63) is 77.9 Å². The number of benzene rings is 3. The molecule has 1 saturated heterocycles. The van der Waals surface area contributed by atoms with Gasteiger partial charge in [-0.25, -0.2) is 0 Å². The van der Waals surface area contributed by atoms with Crippen LogP contribution in [0.2, 0.25) is 0 Å². The van der Waals surface area contributed by atoms with E-state index in [0.717, 1.165) is 23.4 Å². The number of aromatic hydroxyl groups is 2. The second-order valence-corrected chi connectivity index (χ2v) is 7.96. The highest BCUT2D eigenvalue weighted by Gasteiger charge is 2.10. The van der Waals surface area contributed by atoms with Crippen molar-refractivity contribution in [1.82, 2.24) is 4.90 Å². The van der Waals surface area contributed by atoms with E-state index in [1.54, 1.807) is 24.3 Å². The Kier molecular flexibility index (Phi) is 6.95. The van der Waals surface area contributed by atoms with Gasteiger partial charge in [-0.1, -0.05) is 24.6 Å². The molecule has 2 N–H and O–H groups in total. The predicted molar refractivity (Wildman–Crippen MR) is 121 cm³/mol. The third kappa shape index (κ3) is 6.15. The Hall–Kier alpha value is -3.18. The van der Waals surface area contributed by atoms with Crippen LogP contribution in [0.3, 0.4) is 0 Å². The smallest absolute Gasteiger partial charge is 0.134 e. The third-order valence-corrected chi connectivity index (χ3v) is 5.56. The van der Waals surface area contributed by atoms with E-state index in [0.29, 0.717) is 24.5 Å². The molecule has 31 heavy (non-hydrogen) atoms. The van der Waals surface area contributed by atoms with E-state index < -0.39 is 0 Å². The molecule has 0 amide bonds. The lowest BCUT2D eigenvalue weighted by Gasteiger charge is -2.26. The van der Waals surface area contributed by atoms with Gasteiger partial charge in [-0.3, -0.25) is 4.90 Å². The maximum absolute atomic E-state index is 9.93. The molecular weight excluding hydrogens is 390 g/mol. The predicted octanol–water partition coefficient (Wildman–Crippen LogP) is 5.35. The first kappa shape index (κ1) is 21.1. The summed E-state index contributed by atoms with van der Waals surface area (Å²) in [5.74, 6) is 2.50. The van der Waals surface area contributed by atoms with Gasteiger partial charge in [0.15, 0.2) is 0 Å². The van der Waals surface area contributed by atoms with Crippen molar-refractivity contribution >= 4 is 0 Å². The second kappa shape index (κ2) is 10.2. The van der Waals surface area contributed by atoms with Crippen LogP contribution in [0.5, 0.6) is 28.7 Å². The zero-order valence-corrected chi connectivity index (χ0v) is 17.7. The van der Waals surface area contributed by atoms with Crippen LogP contribution in [0.25, 0.3) is 0 Å². The number of rotatable bonds is 8. The fourth-order valence-corrected chi connectivity index (χ4v) is 3.82. The van der Waals surface area contributed by atoms with Crippen LogP contribution in [-0.4, -0.2) is 41.4 Å². The van der Waals surface area contributed by atoms with Gasteiger partial charge in [-0.2, -0.15) is 0 Å². The molecule has 1 fully saturated rings. The first-order valence-corrected chi connectivity index (χ1v) is 10.9. The van der Waals surface area contributed by atoms with Crippen LogP contribution in [0.1, 0.15) is 30.4 Å². The minimum absolute atomic E-state index is 0.155. The second-order valence-electron chi connectivity index (χ2n) is 7.96. The Balaban J connectivity index is 1.37. The van der Waals surface area contributed by atoms with E-state index >= 15 is 0 Å². The van der Waals surface area contributed by atoms with E-state index in [-0.39, 0.29) is 11.5 Å².